The molecular formula is C24H27ClF2N2O3S. The molecule has 0 N–H and O–H groups in total. The molecule has 5 nitrogen and oxygen atoms in total. The number of aryl methyl sites for hydroxylation is 3. The standard InChI is InChI=1S/C24H27ClF2N2O3S/c1-15-4-5-19(26)21(22(15)27)23(30)28-9-6-24(7-10-28)8-11-29(14-24)33(31,32)20-13-16(2)18(25)12-17(20)3/h4-5,12-13H,6-11,14H2,1-3H3. The van der Waals surface area contributed by atoms with Crippen LogP contribution < -0.4 is 0 Å². The Labute approximate surface area is 198 Å². The minimum absolute atomic E-state index is 0.220. The van der Waals surface area contributed by atoms with E-state index in [1.54, 1.807) is 26.0 Å². The van der Waals surface area contributed by atoms with Crippen molar-refractivity contribution in [2.45, 2.75) is 44.9 Å². The van der Waals surface area contributed by atoms with Gasteiger partial charge in [-0.2, -0.15) is 4.31 Å². The van der Waals surface area contributed by atoms with Gasteiger partial charge in [0.25, 0.3) is 5.91 Å². The lowest BCUT2D eigenvalue weighted by molar-refractivity contribution is 0.0590. The highest BCUT2D eigenvalue weighted by molar-refractivity contribution is 7.89. The summed E-state index contributed by atoms with van der Waals surface area (Å²) < 4.78 is 56.8. The minimum atomic E-state index is -3.68. The smallest absolute Gasteiger partial charge is 0.259 e. The molecule has 2 aliphatic heterocycles. The molecule has 0 aliphatic carbocycles. The van der Waals surface area contributed by atoms with Crippen molar-refractivity contribution < 1.29 is 22.0 Å². The maximum Gasteiger partial charge on any atom is 0.259 e. The predicted octanol–water partition coefficient (Wildman–Crippen LogP) is 4.86. The summed E-state index contributed by atoms with van der Waals surface area (Å²) in [6.07, 6.45) is 1.85. The average molecular weight is 497 g/mol. The van der Waals surface area contributed by atoms with Crippen molar-refractivity contribution in [1.29, 1.82) is 0 Å². The third-order valence-electron chi connectivity index (χ3n) is 7.09. The highest BCUT2D eigenvalue weighted by Gasteiger charge is 2.45. The summed E-state index contributed by atoms with van der Waals surface area (Å²) in [4.78, 5) is 14.6. The van der Waals surface area contributed by atoms with Crippen LogP contribution >= 0.6 is 11.6 Å². The van der Waals surface area contributed by atoms with E-state index in [9.17, 15) is 22.0 Å². The fourth-order valence-electron chi connectivity index (χ4n) is 4.87. The molecule has 1 amide bonds. The van der Waals surface area contributed by atoms with E-state index >= 15 is 0 Å². The largest absolute Gasteiger partial charge is 0.338 e. The lowest BCUT2D eigenvalue weighted by Crippen LogP contribution is -2.45. The number of hydrogen-bond acceptors (Lipinski definition) is 3. The fraction of sp³-hybridized carbons (Fsp3) is 0.458. The molecule has 2 heterocycles. The Kier molecular flexibility index (Phi) is 6.31. The third kappa shape index (κ3) is 4.29. The van der Waals surface area contributed by atoms with Gasteiger partial charge in [-0.25, -0.2) is 17.2 Å². The van der Waals surface area contributed by atoms with Gasteiger partial charge in [0, 0.05) is 31.2 Å². The Hall–Kier alpha value is -2.03. The average Bonchev–Trinajstić information content (AvgIpc) is 3.18. The second-order valence-electron chi connectivity index (χ2n) is 9.30. The van der Waals surface area contributed by atoms with Gasteiger partial charge in [0.05, 0.1) is 4.90 Å². The zero-order chi connectivity index (χ0) is 24.1. The molecule has 1 spiro atoms. The Morgan fingerprint density at radius 1 is 0.970 bits per heavy atom. The first-order valence-corrected chi connectivity index (χ1v) is 12.8. The van der Waals surface area contributed by atoms with Crippen LogP contribution in [0.25, 0.3) is 0 Å². The van der Waals surface area contributed by atoms with Gasteiger partial charge >= 0.3 is 0 Å². The van der Waals surface area contributed by atoms with Crippen molar-refractivity contribution in [3.05, 3.63) is 63.2 Å². The number of nitrogens with zero attached hydrogens (tertiary/aromatic N) is 2. The van der Waals surface area contributed by atoms with E-state index in [-0.39, 0.29) is 15.9 Å². The van der Waals surface area contributed by atoms with Crippen molar-refractivity contribution in [2.24, 2.45) is 5.41 Å². The molecule has 0 bridgehead atoms. The summed E-state index contributed by atoms with van der Waals surface area (Å²) in [5.74, 6) is -2.35. The van der Waals surface area contributed by atoms with Crippen LogP contribution in [0.15, 0.2) is 29.2 Å². The van der Waals surface area contributed by atoms with Gasteiger partial charge in [0.1, 0.15) is 17.2 Å². The number of rotatable bonds is 3. The summed E-state index contributed by atoms with van der Waals surface area (Å²) in [7, 11) is -3.68. The van der Waals surface area contributed by atoms with Crippen molar-refractivity contribution >= 4 is 27.5 Å². The van der Waals surface area contributed by atoms with E-state index in [0.29, 0.717) is 61.6 Å². The molecule has 0 unspecified atom stereocenters. The molecule has 0 aromatic heterocycles. The number of hydrogen-bond donors (Lipinski definition) is 0. The number of carbonyl (C=O) groups is 1. The predicted molar refractivity (Wildman–Crippen MR) is 123 cm³/mol. The number of halogens is 3. The molecule has 4 rings (SSSR count). The van der Waals surface area contributed by atoms with Crippen LogP contribution in [-0.2, 0) is 10.0 Å². The maximum absolute atomic E-state index is 14.4. The van der Waals surface area contributed by atoms with Gasteiger partial charge in [-0.05, 0) is 80.3 Å². The number of carbonyl (C=O) groups excluding carboxylic acids is 1. The summed E-state index contributed by atoms with van der Waals surface area (Å²) in [6.45, 7) is 6.44. The van der Waals surface area contributed by atoms with Crippen LogP contribution in [0, 0.1) is 37.8 Å². The third-order valence-corrected chi connectivity index (χ3v) is 9.48. The second kappa shape index (κ2) is 8.64. The van der Waals surface area contributed by atoms with Crippen LogP contribution in [0.5, 0.6) is 0 Å². The van der Waals surface area contributed by atoms with E-state index in [1.807, 2.05) is 0 Å². The summed E-state index contributed by atoms with van der Waals surface area (Å²) in [5.41, 5.74) is 0.766. The highest BCUT2D eigenvalue weighted by Crippen LogP contribution is 2.43. The van der Waals surface area contributed by atoms with E-state index in [2.05, 4.69) is 0 Å². The van der Waals surface area contributed by atoms with E-state index in [1.165, 1.54) is 22.2 Å². The lowest BCUT2D eigenvalue weighted by atomic mass is 9.77. The van der Waals surface area contributed by atoms with Gasteiger partial charge < -0.3 is 4.90 Å². The topological polar surface area (TPSA) is 57.7 Å². The van der Waals surface area contributed by atoms with Crippen molar-refractivity contribution in [3.8, 4) is 0 Å². The maximum atomic E-state index is 14.4. The second-order valence-corrected chi connectivity index (χ2v) is 11.6. The molecule has 178 valence electrons. The van der Waals surface area contributed by atoms with Crippen molar-refractivity contribution in [1.82, 2.24) is 9.21 Å². The van der Waals surface area contributed by atoms with Crippen molar-refractivity contribution in [2.75, 3.05) is 26.2 Å². The molecule has 0 radical (unpaired) electrons. The Morgan fingerprint density at radius 2 is 1.61 bits per heavy atom. The number of benzene rings is 2. The molecule has 9 heteroatoms. The van der Waals surface area contributed by atoms with Crippen LogP contribution in [0.3, 0.4) is 0 Å². The Balaban J connectivity index is 1.48. The normalized spacial score (nSPS) is 18.8. The molecule has 2 aromatic rings. The molecule has 0 atom stereocenters. The lowest BCUT2D eigenvalue weighted by Gasteiger charge is -2.39. The van der Waals surface area contributed by atoms with Gasteiger partial charge in [-0.3, -0.25) is 4.79 Å². The van der Waals surface area contributed by atoms with Crippen LogP contribution in [0.4, 0.5) is 8.78 Å². The minimum Gasteiger partial charge on any atom is -0.338 e. The molecule has 2 aliphatic rings. The number of amides is 1. The fourth-order valence-corrected chi connectivity index (χ4v) is 6.94. The van der Waals surface area contributed by atoms with E-state index in [4.69, 9.17) is 11.6 Å². The Bertz CT molecular complexity index is 1220. The number of likely N-dealkylation sites (tertiary alicyclic amines) is 1. The quantitative estimate of drug-likeness (QED) is 0.609. The van der Waals surface area contributed by atoms with E-state index in [0.717, 1.165) is 6.07 Å². The molecule has 2 fully saturated rings. The molecular weight excluding hydrogens is 470 g/mol. The molecule has 2 saturated heterocycles. The first kappa shape index (κ1) is 24.1. The summed E-state index contributed by atoms with van der Waals surface area (Å²) in [6, 6.07) is 5.70. The van der Waals surface area contributed by atoms with Gasteiger partial charge in [0.15, 0.2) is 0 Å². The zero-order valence-electron chi connectivity index (χ0n) is 18.9. The Morgan fingerprint density at radius 3 is 2.27 bits per heavy atom. The highest BCUT2D eigenvalue weighted by atomic mass is 35.5. The van der Waals surface area contributed by atoms with Crippen LogP contribution in [0.2, 0.25) is 5.02 Å². The summed E-state index contributed by atoms with van der Waals surface area (Å²) in [5, 5.41) is 0.530. The van der Waals surface area contributed by atoms with E-state index < -0.39 is 33.1 Å². The zero-order valence-corrected chi connectivity index (χ0v) is 20.5. The first-order chi connectivity index (χ1) is 15.4. The van der Waals surface area contributed by atoms with Gasteiger partial charge in [-0.15, -0.1) is 0 Å². The number of sulfonamides is 1. The molecule has 33 heavy (non-hydrogen) atoms. The van der Waals surface area contributed by atoms with Crippen LogP contribution in [0.1, 0.15) is 46.3 Å². The van der Waals surface area contributed by atoms with Crippen LogP contribution in [-0.4, -0.2) is 49.7 Å². The van der Waals surface area contributed by atoms with Crippen molar-refractivity contribution in [3.63, 3.8) is 0 Å². The molecule has 0 saturated carbocycles. The first-order valence-electron chi connectivity index (χ1n) is 11.0. The molecule has 2 aromatic carbocycles. The monoisotopic (exact) mass is 496 g/mol. The van der Waals surface area contributed by atoms with Gasteiger partial charge in [0.2, 0.25) is 10.0 Å². The SMILES string of the molecule is Cc1cc(S(=O)(=O)N2CCC3(CCN(C(=O)c4c(F)ccc(C)c4F)CC3)C2)c(C)cc1Cl. The number of piperidine rings is 1. The van der Waals surface area contributed by atoms with Gasteiger partial charge in [-0.1, -0.05) is 17.7 Å². The summed E-state index contributed by atoms with van der Waals surface area (Å²) >= 11 is 6.14.